The highest BCUT2D eigenvalue weighted by atomic mass is 35.5. The number of halogens is 1. The first kappa shape index (κ1) is 18.2. The Hall–Kier alpha value is 0.160. The number of hydrogen-bond acceptors (Lipinski definition) is 3. The molecule has 0 heterocycles. The lowest BCUT2D eigenvalue weighted by Crippen LogP contribution is -2.30. The minimum atomic E-state index is -3.09. The van der Waals surface area contributed by atoms with Crippen LogP contribution in [0.1, 0.15) is 39.5 Å². The van der Waals surface area contributed by atoms with Gasteiger partial charge in [0.2, 0.25) is 10.0 Å². The fourth-order valence-corrected chi connectivity index (χ4v) is 2.80. The van der Waals surface area contributed by atoms with Crippen LogP contribution in [0.25, 0.3) is 0 Å². The Balaban J connectivity index is 3.59. The summed E-state index contributed by atoms with van der Waals surface area (Å²) in [4.78, 5) is 2.26. The molecule has 18 heavy (non-hydrogen) atoms. The summed E-state index contributed by atoms with van der Waals surface area (Å²) in [6, 6.07) is 0.539. The van der Waals surface area contributed by atoms with E-state index in [4.69, 9.17) is 11.6 Å². The number of nitrogens with one attached hydrogen (secondary N) is 1. The van der Waals surface area contributed by atoms with E-state index in [0.29, 0.717) is 24.9 Å². The molecule has 0 unspecified atom stereocenters. The number of alkyl halides is 1. The molecular weight excluding hydrogens is 272 g/mol. The second-order valence-corrected chi connectivity index (χ2v) is 7.20. The summed E-state index contributed by atoms with van der Waals surface area (Å²) < 4.78 is 25.7. The van der Waals surface area contributed by atoms with Gasteiger partial charge in [0, 0.05) is 18.5 Å². The number of nitrogens with zero attached hydrogens (tertiary/aromatic N) is 1. The minimum Gasteiger partial charge on any atom is -0.304 e. The smallest absolute Gasteiger partial charge is 0.211 e. The van der Waals surface area contributed by atoms with Crippen molar-refractivity contribution in [3.05, 3.63) is 0 Å². The maximum atomic E-state index is 11.5. The highest BCUT2D eigenvalue weighted by Gasteiger charge is 2.08. The first-order valence-corrected chi connectivity index (χ1v) is 8.81. The van der Waals surface area contributed by atoms with Gasteiger partial charge in [-0.3, -0.25) is 0 Å². The molecule has 0 aliphatic heterocycles. The Labute approximate surface area is 117 Å². The van der Waals surface area contributed by atoms with Crippen LogP contribution < -0.4 is 4.72 Å². The topological polar surface area (TPSA) is 49.4 Å². The van der Waals surface area contributed by atoms with E-state index >= 15 is 0 Å². The third kappa shape index (κ3) is 10.1. The second-order valence-electron chi connectivity index (χ2n) is 4.89. The number of hydrogen-bond donors (Lipinski definition) is 1. The van der Waals surface area contributed by atoms with Crippen molar-refractivity contribution in [3.8, 4) is 0 Å². The maximum Gasteiger partial charge on any atom is 0.211 e. The molecule has 0 atom stereocenters. The van der Waals surface area contributed by atoms with Gasteiger partial charge < -0.3 is 4.90 Å². The van der Waals surface area contributed by atoms with E-state index in [1.165, 1.54) is 0 Å². The molecular formula is C12H27ClN2O2S. The number of unbranched alkanes of at least 4 members (excludes halogenated alkanes) is 2. The fraction of sp³-hybridized carbons (Fsp3) is 1.00. The van der Waals surface area contributed by atoms with E-state index in [1.54, 1.807) is 0 Å². The van der Waals surface area contributed by atoms with E-state index < -0.39 is 10.0 Å². The van der Waals surface area contributed by atoms with E-state index in [1.807, 2.05) is 0 Å². The highest BCUT2D eigenvalue weighted by molar-refractivity contribution is 7.89. The maximum absolute atomic E-state index is 11.5. The van der Waals surface area contributed by atoms with Gasteiger partial charge in [0.1, 0.15) is 0 Å². The van der Waals surface area contributed by atoms with Gasteiger partial charge in [-0.25, -0.2) is 13.1 Å². The first-order chi connectivity index (χ1) is 8.39. The van der Waals surface area contributed by atoms with Gasteiger partial charge in [-0.1, -0.05) is 0 Å². The van der Waals surface area contributed by atoms with Crippen LogP contribution in [-0.2, 0) is 10.0 Å². The van der Waals surface area contributed by atoms with Crippen LogP contribution in [0.3, 0.4) is 0 Å². The molecule has 0 saturated heterocycles. The summed E-state index contributed by atoms with van der Waals surface area (Å²) in [6.07, 6.45) is 3.28. The second kappa shape index (κ2) is 10.0. The van der Waals surface area contributed by atoms with Gasteiger partial charge in [0.05, 0.1) is 5.75 Å². The summed E-state index contributed by atoms with van der Waals surface area (Å²) in [6.45, 7) is 5.85. The molecule has 0 bridgehead atoms. The molecule has 0 spiro atoms. The van der Waals surface area contributed by atoms with Crippen LogP contribution in [-0.4, -0.2) is 51.1 Å². The van der Waals surface area contributed by atoms with Crippen molar-refractivity contribution in [2.45, 2.75) is 45.6 Å². The standard InChI is InChI=1S/C12H27ClN2O2S/c1-12(2)15(3)10-6-5-9-14-18(16,17)11-7-4-8-13/h12,14H,4-11H2,1-3H3. The molecule has 1 N–H and O–H groups in total. The van der Waals surface area contributed by atoms with Crippen LogP contribution in [0.5, 0.6) is 0 Å². The monoisotopic (exact) mass is 298 g/mol. The SMILES string of the molecule is CC(C)N(C)CCCCNS(=O)(=O)CCCCCl. The molecule has 0 amide bonds. The predicted molar refractivity (Wildman–Crippen MR) is 78.7 cm³/mol. The van der Waals surface area contributed by atoms with Crippen molar-refractivity contribution in [1.29, 1.82) is 0 Å². The average Bonchev–Trinajstić information content (AvgIpc) is 2.28. The number of sulfonamides is 1. The van der Waals surface area contributed by atoms with Crippen LogP contribution in [0.15, 0.2) is 0 Å². The van der Waals surface area contributed by atoms with E-state index in [-0.39, 0.29) is 5.75 Å². The Morgan fingerprint density at radius 2 is 1.83 bits per heavy atom. The summed E-state index contributed by atoms with van der Waals surface area (Å²) in [5.74, 6) is 0.711. The van der Waals surface area contributed by atoms with Crippen LogP contribution in [0.4, 0.5) is 0 Å². The van der Waals surface area contributed by atoms with E-state index in [0.717, 1.165) is 25.8 Å². The lowest BCUT2D eigenvalue weighted by atomic mass is 10.2. The summed E-state index contributed by atoms with van der Waals surface area (Å²) >= 11 is 5.51. The fourth-order valence-electron chi connectivity index (χ4n) is 1.43. The molecule has 4 nitrogen and oxygen atoms in total. The Kier molecular flexibility index (Phi) is 10.1. The average molecular weight is 299 g/mol. The zero-order valence-corrected chi connectivity index (χ0v) is 13.4. The third-order valence-electron chi connectivity index (χ3n) is 2.94. The van der Waals surface area contributed by atoms with Gasteiger partial charge in [-0.2, -0.15) is 0 Å². The van der Waals surface area contributed by atoms with Gasteiger partial charge >= 0.3 is 0 Å². The summed E-state index contributed by atoms with van der Waals surface area (Å²) in [7, 11) is -1.01. The predicted octanol–water partition coefficient (Wildman–Crippen LogP) is 2.05. The van der Waals surface area contributed by atoms with Crippen molar-refractivity contribution in [2.75, 3.05) is 31.8 Å². The summed E-state index contributed by atoms with van der Waals surface area (Å²) in [5.41, 5.74) is 0. The van der Waals surface area contributed by atoms with E-state index in [9.17, 15) is 8.42 Å². The van der Waals surface area contributed by atoms with Gasteiger partial charge in [-0.15, -0.1) is 11.6 Å². The number of rotatable bonds is 11. The van der Waals surface area contributed by atoms with Gasteiger partial charge in [0.15, 0.2) is 0 Å². The normalized spacial score (nSPS) is 12.6. The molecule has 0 aromatic heterocycles. The zero-order chi connectivity index (χ0) is 14.0. The first-order valence-electron chi connectivity index (χ1n) is 6.62. The van der Waals surface area contributed by atoms with Crippen molar-refractivity contribution < 1.29 is 8.42 Å². The van der Waals surface area contributed by atoms with Crippen LogP contribution >= 0.6 is 11.6 Å². The quantitative estimate of drug-likeness (QED) is 0.469. The van der Waals surface area contributed by atoms with E-state index in [2.05, 4.69) is 30.5 Å². The molecule has 0 aromatic rings. The molecule has 0 saturated carbocycles. The lowest BCUT2D eigenvalue weighted by molar-refractivity contribution is 0.268. The molecule has 0 rings (SSSR count). The molecule has 110 valence electrons. The van der Waals surface area contributed by atoms with Gasteiger partial charge in [-0.05, 0) is 53.1 Å². The van der Waals surface area contributed by atoms with Crippen LogP contribution in [0.2, 0.25) is 0 Å². The van der Waals surface area contributed by atoms with Crippen molar-refractivity contribution in [2.24, 2.45) is 0 Å². The zero-order valence-electron chi connectivity index (χ0n) is 11.8. The Bertz CT molecular complexity index is 294. The summed E-state index contributed by atoms with van der Waals surface area (Å²) in [5, 5.41) is 0. The Morgan fingerprint density at radius 3 is 2.39 bits per heavy atom. The van der Waals surface area contributed by atoms with Crippen molar-refractivity contribution in [1.82, 2.24) is 9.62 Å². The third-order valence-corrected chi connectivity index (χ3v) is 4.68. The van der Waals surface area contributed by atoms with Gasteiger partial charge in [0.25, 0.3) is 0 Å². The lowest BCUT2D eigenvalue weighted by Gasteiger charge is -2.20. The van der Waals surface area contributed by atoms with Crippen molar-refractivity contribution >= 4 is 21.6 Å². The molecule has 0 fully saturated rings. The Morgan fingerprint density at radius 1 is 1.17 bits per heavy atom. The largest absolute Gasteiger partial charge is 0.304 e. The molecule has 6 heteroatoms. The highest BCUT2D eigenvalue weighted by Crippen LogP contribution is 1.99. The molecule has 0 aliphatic carbocycles. The minimum absolute atomic E-state index is 0.186. The van der Waals surface area contributed by atoms with Crippen molar-refractivity contribution in [3.63, 3.8) is 0 Å². The molecule has 0 aromatic carbocycles. The molecule has 0 aliphatic rings. The molecule has 0 radical (unpaired) electrons. The van der Waals surface area contributed by atoms with Crippen LogP contribution in [0, 0.1) is 0 Å².